The third kappa shape index (κ3) is 1.84. The van der Waals surface area contributed by atoms with E-state index in [2.05, 4.69) is 5.32 Å². The van der Waals surface area contributed by atoms with Crippen molar-refractivity contribution in [2.45, 2.75) is 63.5 Å². The van der Waals surface area contributed by atoms with E-state index in [1.807, 2.05) is 0 Å². The molecule has 5 rings (SSSR count). The maximum absolute atomic E-state index is 10.6. The topological polar surface area (TPSA) is 32.3 Å². The van der Waals surface area contributed by atoms with Gasteiger partial charge in [-0.05, 0) is 74.5 Å². The summed E-state index contributed by atoms with van der Waals surface area (Å²) in [5.74, 6) is 2.87. The lowest BCUT2D eigenvalue weighted by molar-refractivity contribution is -0.118. The first-order valence-electron chi connectivity index (χ1n) is 7.65. The van der Waals surface area contributed by atoms with Crippen molar-refractivity contribution in [2.24, 2.45) is 23.2 Å². The van der Waals surface area contributed by atoms with E-state index in [1.165, 1.54) is 51.4 Å². The predicted octanol–water partition coefficient (Wildman–Crippen LogP) is 2.32. The van der Waals surface area contributed by atoms with E-state index in [9.17, 15) is 5.11 Å². The molecule has 0 spiro atoms. The standard InChI is InChI=1S/C15H25NO/c17-14(9-16-13-1-2-13)15-6-10-3-11(7-15)5-12(4-10)8-15/h10-14,16-17H,1-9H2. The molecule has 5 aliphatic rings. The molecule has 5 fully saturated rings. The summed E-state index contributed by atoms with van der Waals surface area (Å²) in [4.78, 5) is 0. The maximum atomic E-state index is 10.6. The highest BCUT2D eigenvalue weighted by Crippen LogP contribution is 2.61. The van der Waals surface area contributed by atoms with Crippen molar-refractivity contribution in [2.75, 3.05) is 6.54 Å². The molecular weight excluding hydrogens is 210 g/mol. The lowest BCUT2D eigenvalue weighted by atomic mass is 9.48. The SMILES string of the molecule is OC(CNC1CC1)C12CC3CC(CC(C3)C1)C2. The Morgan fingerprint density at radius 3 is 2.00 bits per heavy atom. The first-order valence-corrected chi connectivity index (χ1v) is 7.65. The van der Waals surface area contributed by atoms with E-state index < -0.39 is 0 Å². The van der Waals surface area contributed by atoms with Gasteiger partial charge in [0.25, 0.3) is 0 Å². The van der Waals surface area contributed by atoms with Gasteiger partial charge in [0.15, 0.2) is 0 Å². The van der Waals surface area contributed by atoms with Crippen LogP contribution in [0.1, 0.15) is 51.4 Å². The first kappa shape index (κ1) is 10.8. The Hall–Kier alpha value is -0.0800. The van der Waals surface area contributed by atoms with Gasteiger partial charge in [-0.3, -0.25) is 0 Å². The molecule has 5 aliphatic carbocycles. The van der Waals surface area contributed by atoms with E-state index in [-0.39, 0.29) is 6.10 Å². The molecule has 0 aromatic rings. The third-order valence-corrected chi connectivity index (χ3v) is 5.97. The molecule has 17 heavy (non-hydrogen) atoms. The summed E-state index contributed by atoms with van der Waals surface area (Å²) in [5.41, 5.74) is 0.316. The van der Waals surface area contributed by atoms with Gasteiger partial charge in [0, 0.05) is 12.6 Å². The normalized spacial score (nSPS) is 49.6. The van der Waals surface area contributed by atoms with E-state index in [4.69, 9.17) is 0 Å². The van der Waals surface area contributed by atoms with Gasteiger partial charge in [-0.1, -0.05) is 0 Å². The zero-order valence-electron chi connectivity index (χ0n) is 10.7. The molecule has 0 heterocycles. The van der Waals surface area contributed by atoms with Gasteiger partial charge in [0.05, 0.1) is 6.10 Å². The molecule has 0 amide bonds. The maximum Gasteiger partial charge on any atom is 0.0721 e. The molecule has 2 N–H and O–H groups in total. The van der Waals surface area contributed by atoms with Crippen molar-refractivity contribution in [3.05, 3.63) is 0 Å². The molecule has 2 heteroatoms. The lowest BCUT2D eigenvalue weighted by Gasteiger charge is -2.58. The second-order valence-corrected chi connectivity index (χ2v) is 7.48. The van der Waals surface area contributed by atoms with Crippen molar-refractivity contribution in [3.63, 3.8) is 0 Å². The van der Waals surface area contributed by atoms with Crippen LogP contribution in [0.2, 0.25) is 0 Å². The fourth-order valence-electron chi connectivity index (χ4n) is 5.37. The Morgan fingerprint density at radius 2 is 1.53 bits per heavy atom. The summed E-state index contributed by atoms with van der Waals surface area (Å²) in [5, 5.41) is 14.2. The molecule has 96 valence electrons. The fraction of sp³-hybridized carbons (Fsp3) is 1.00. The molecule has 1 atom stereocenters. The molecule has 0 aromatic heterocycles. The van der Waals surface area contributed by atoms with Crippen LogP contribution < -0.4 is 5.32 Å². The third-order valence-electron chi connectivity index (χ3n) is 5.97. The van der Waals surface area contributed by atoms with Gasteiger partial charge in [-0.15, -0.1) is 0 Å². The summed E-state index contributed by atoms with van der Waals surface area (Å²) >= 11 is 0. The van der Waals surface area contributed by atoms with Crippen molar-refractivity contribution >= 4 is 0 Å². The minimum absolute atomic E-state index is 0.0727. The molecule has 0 radical (unpaired) electrons. The Morgan fingerprint density at radius 1 is 1.00 bits per heavy atom. The van der Waals surface area contributed by atoms with E-state index >= 15 is 0 Å². The fourth-order valence-corrected chi connectivity index (χ4v) is 5.37. The van der Waals surface area contributed by atoms with Gasteiger partial charge in [-0.25, -0.2) is 0 Å². The van der Waals surface area contributed by atoms with Gasteiger partial charge in [0.1, 0.15) is 0 Å². The van der Waals surface area contributed by atoms with E-state index in [1.54, 1.807) is 0 Å². The van der Waals surface area contributed by atoms with Crippen LogP contribution in [0.4, 0.5) is 0 Å². The molecule has 0 aliphatic heterocycles. The molecule has 4 bridgehead atoms. The van der Waals surface area contributed by atoms with Gasteiger partial charge in [0.2, 0.25) is 0 Å². The van der Waals surface area contributed by atoms with E-state index in [0.717, 1.165) is 30.3 Å². The number of rotatable bonds is 4. The van der Waals surface area contributed by atoms with Crippen molar-refractivity contribution in [3.8, 4) is 0 Å². The molecule has 2 nitrogen and oxygen atoms in total. The van der Waals surface area contributed by atoms with E-state index in [0.29, 0.717) is 5.41 Å². The van der Waals surface area contributed by atoms with Crippen LogP contribution in [0.3, 0.4) is 0 Å². The largest absolute Gasteiger partial charge is 0.391 e. The second kappa shape index (κ2) is 3.71. The average molecular weight is 235 g/mol. The van der Waals surface area contributed by atoms with Crippen LogP contribution in [0, 0.1) is 23.2 Å². The quantitative estimate of drug-likeness (QED) is 0.784. The van der Waals surface area contributed by atoms with Crippen LogP contribution in [0.15, 0.2) is 0 Å². The van der Waals surface area contributed by atoms with Gasteiger partial charge in [-0.2, -0.15) is 0 Å². The highest BCUT2D eigenvalue weighted by Gasteiger charge is 2.53. The van der Waals surface area contributed by atoms with Gasteiger partial charge < -0.3 is 10.4 Å². The van der Waals surface area contributed by atoms with Crippen LogP contribution in [0.5, 0.6) is 0 Å². The molecule has 1 unspecified atom stereocenters. The monoisotopic (exact) mass is 235 g/mol. The second-order valence-electron chi connectivity index (χ2n) is 7.48. The number of hydrogen-bond acceptors (Lipinski definition) is 2. The van der Waals surface area contributed by atoms with Crippen molar-refractivity contribution < 1.29 is 5.11 Å². The molecule has 0 saturated heterocycles. The minimum atomic E-state index is -0.0727. The summed E-state index contributed by atoms with van der Waals surface area (Å²) in [6.07, 6.45) is 11.0. The zero-order chi connectivity index (χ0) is 11.5. The average Bonchev–Trinajstić information content (AvgIpc) is 3.07. The highest BCUT2D eigenvalue weighted by atomic mass is 16.3. The smallest absolute Gasteiger partial charge is 0.0721 e. The van der Waals surface area contributed by atoms with Crippen molar-refractivity contribution in [1.82, 2.24) is 5.32 Å². The molecule has 5 saturated carbocycles. The Balaban J connectivity index is 1.47. The summed E-state index contributed by atoms with van der Waals surface area (Å²) in [6.45, 7) is 0.858. The summed E-state index contributed by atoms with van der Waals surface area (Å²) < 4.78 is 0. The number of aliphatic hydroxyl groups is 1. The van der Waals surface area contributed by atoms with Crippen LogP contribution in [-0.2, 0) is 0 Å². The predicted molar refractivity (Wildman–Crippen MR) is 67.6 cm³/mol. The zero-order valence-corrected chi connectivity index (χ0v) is 10.7. The first-order chi connectivity index (χ1) is 8.23. The summed E-state index contributed by atoms with van der Waals surface area (Å²) in [7, 11) is 0. The van der Waals surface area contributed by atoms with Gasteiger partial charge >= 0.3 is 0 Å². The molecule has 0 aromatic carbocycles. The lowest BCUT2D eigenvalue weighted by Crippen LogP contribution is -2.54. The number of hydrogen-bond donors (Lipinski definition) is 2. The number of aliphatic hydroxyl groups excluding tert-OH is 1. The Bertz CT molecular complexity index is 275. The Kier molecular flexibility index (Phi) is 2.36. The molecular formula is C15H25NO. The van der Waals surface area contributed by atoms with Crippen LogP contribution >= 0.6 is 0 Å². The van der Waals surface area contributed by atoms with Crippen LogP contribution in [-0.4, -0.2) is 23.8 Å². The summed E-state index contributed by atoms with van der Waals surface area (Å²) in [6, 6.07) is 0.735. The number of nitrogens with one attached hydrogen (secondary N) is 1. The Labute approximate surface area is 104 Å². The van der Waals surface area contributed by atoms with Crippen molar-refractivity contribution in [1.29, 1.82) is 0 Å². The highest BCUT2D eigenvalue weighted by molar-refractivity contribution is 5.04. The minimum Gasteiger partial charge on any atom is -0.391 e. The van der Waals surface area contributed by atoms with Crippen LogP contribution in [0.25, 0.3) is 0 Å².